The molecule has 0 aromatic heterocycles. The van der Waals surface area contributed by atoms with Gasteiger partial charge in [-0.05, 0) is 37.1 Å². The highest BCUT2D eigenvalue weighted by Gasteiger charge is 2.25. The molecule has 1 amide bonds. The molecule has 1 aromatic rings. The second-order valence-electron chi connectivity index (χ2n) is 7.88. The molecule has 0 fully saturated rings. The third-order valence-electron chi connectivity index (χ3n) is 5.42. The Morgan fingerprint density at radius 2 is 1.93 bits per heavy atom. The van der Waals surface area contributed by atoms with E-state index < -0.39 is 0 Å². The van der Waals surface area contributed by atoms with Crippen molar-refractivity contribution in [1.29, 1.82) is 0 Å². The van der Waals surface area contributed by atoms with Gasteiger partial charge in [0, 0.05) is 44.2 Å². The van der Waals surface area contributed by atoms with Crippen LogP contribution in [-0.2, 0) is 4.79 Å². The zero-order chi connectivity index (χ0) is 20.5. The largest absolute Gasteiger partial charge is 0.356 e. The summed E-state index contributed by atoms with van der Waals surface area (Å²) < 4.78 is 0. The lowest BCUT2D eigenvalue weighted by Crippen LogP contribution is -2.48. The molecule has 0 spiro atoms. The first kappa shape index (κ1) is 25.7. The third kappa shape index (κ3) is 7.77. The second-order valence-corrected chi connectivity index (χ2v) is 7.88. The molecule has 1 heterocycles. The van der Waals surface area contributed by atoms with Crippen LogP contribution in [0.3, 0.4) is 0 Å². The van der Waals surface area contributed by atoms with Gasteiger partial charge in [0.1, 0.15) is 0 Å². The maximum absolute atomic E-state index is 12.0. The molecule has 2 unspecified atom stereocenters. The van der Waals surface area contributed by atoms with Gasteiger partial charge in [-0.15, -0.1) is 24.0 Å². The fourth-order valence-electron chi connectivity index (χ4n) is 3.98. The molecule has 0 saturated heterocycles. The lowest BCUT2D eigenvalue weighted by Gasteiger charge is -2.32. The number of nitrogens with zero attached hydrogens (tertiary/aromatic N) is 2. The summed E-state index contributed by atoms with van der Waals surface area (Å²) in [4.78, 5) is 18.9. The number of halogens is 1. The number of carbonyl (C=O) groups excluding carboxylic acids is 1. The van der Waals surface area contributed by atoms with Crippen molar-refractivity contribution < 1.29 is 4.79 Å². The van der Waals surface area contributed by atoms with Gasteiger partial charge in [-0.3, -0.25) is 14.7 Å². The van der Waals surface area contributed by atoms with Crippen LogP contribution < -0.4 is 16.0 Å². The number of carbonyl (C=O) groups is 1. The van der Waals surface area contributed by atoms with Crippen LogP contribution in [0.4, 0.5) is 5.69 Å². The zero-order valence-corrected chi connectivity index (χ0v) is 20.8. The Labute approximate surface area is 193 Å². The van der Waals surface area contributed by atoms with E-state index in [0.29, 0.717) is 24.9 Å². The van der Waals surface area contributed by atoms with Crippen LogP contribution in [0.25, 0.3) is 0 Å². The number of aliphatic imine (C=N–C) groups is 1. The van der Waals surface area contributed by atoms with Crippen molar-refractivity contribution in [1.82, 2.24) is 15.5 Å². The van der Waals surface area contributed by atoms with Crippen molar-refractivity contribution >= 4 is 41.5 Å². The summed E-state index contributed by atoms with van der Waals surface area (Å²) in [5.41, 5.74) is 2.11. The van der Waals surface area contributed by atoms with Crippen molar-refractivity contribution in [3.8, 4) is 0 Å². The number of rotatable bonds is 9. The number of anilines is 1. The minimum Gasteiger partial charge on any atom is -0.356 e. The summed E-state index contributed by atoms with van der Waals surface area (Å²) in [6.07, 6.45) is 1.65. The molecule has 1 aliphatic rings. The van der Waals surface area contributed by atoms with E-state index in [0.717, 1.165) is 37.7 Å². The Hall–Kier alpha value is -1.35. The van der Waals surface area contributed by atoms with E-state index in [4.69, 9.17) is 0 Å². The minimum atomic E-state index is 0. The van der Waals surface area contributed by atoms with Gasteiger partial charge < -0.3 is 16.0 Å². The number of guanidine groups is 1. The molecule has 1 aromatic carbocycles. The average molecular weight is 515 g/mol. The summed E-state index contributed by atoms with van der Waals surface area (Å²) >= 11 is 0. The molecule has 164 valence electrons. The van der Waals surface area contributed by atoms with E-state index in [-0.39, 0.29) is 35.8 Å². The van der Waals surface area contributed by atoms with Crippen molar-refractivity contribution in [3.63, 3.8) is 0 Å². The first-order valence-electron chi connectivity index (χ1n) is 10.6. The van der Waals surface area contributed by atoms with Crippen LogP contribution in [-0.4, -0.2) is 56.0 Å². The molecule has 2 atom stereocenters. The first-order chi connectivity index (χ1) is 13.5. The van der Waals surface area contributed by atoms with E-state index in [2.05, 4.69) is 59.6 Å². The Morgan fingerprint density at radius 3 is 2.55 bits per heavy atom. The average Bonchev–Trinajstić information content (AvgIpc) is 2.68. The summed E-state index contributed by atoms with van der Waals surface area (Å²) in [5.74, 6) is 1.67. The van der Waals surface area contributed by atoms with Crippen molar-refractivity contribution in [2.24, 2.45) is 10.9 Å². The highest BCUT2D eigenvalue weighted by Crippen LogP contribution is 2.31. The predicted octanol–water partition coefficient (Wildman–Crippen LogP) is 3.65. The fraction of sp³-hybridized carbons (Fsp3) is 0.636. The quantitative estimate of drug-likeness (QED) is 0.267. The number of para-hydroxylation sites is 1. The molecule has 0 radical (unpaired) electrons. The highest BCUT2D eigenvalue weighted by molar-refractivity contribution is 14.0. The SMILES string of the molecule is CCN(CC)C(CNC(=NC)NCC1CC(=O)Nc2ccccc21)CC(C)C.I. The lowest BCUT2D eigenvalue weighted by molar-refractivity contribution is -0.116. The molecule has 3 N–H and O–H groups in total. The summed E-state index contributed by atoms with van der Waals surface area (Å²) in [5, 5.41) is 9.88. The molecule has 0 aliphatic carbocycles. The van der Waals surface area contributed by atoms with Gasteiger partial charge in [-0.2, -0.15) is 0 Å². The molecule has 7 heteroatoms. The Balaban J connectivity index is 0.00000420. The number of amides is 1. The van der Waals surface area contributed by atoms with Crippen LogP contribution in [0.2, 0.25) is 0 Å². The molecular formula is C22H38IN5O. The van der Waals surface area contributed by atoms with E-state index in [1.807, 2.05) is 18.2 Å². The van der Waals surface area contributed by atoms with Gasteiger partial charge in [-0.1, -0.05) is 45.9 Å². The van der Waals surface area contributed by atoms with Crippen LogP contribution in [0.1, 0.15) is 52.0 Å². The number of benzene rings is 1. The van der Waals surface area contributed by atoms with Crippen LogP contribution in [0, 0.1) is 5.92 Å². The summed E-state index contributed by atoms with van der Waals surface area (Å²) in [6, 6.07) is 8.52. The molecule has 0 bridgehead atoms. The number of nitrogens with one attached hydrogen (secondary N) is 3. The standard InChI is InChI=1S/C22H37N5O.HI/c1-6-27(7-2)18(12-16(3)4)15-25-22(23-5)24-14-17-13-21(28)26-20-11-9-8-10-19(17)20;/h8-11,16-18H,6-7,12-15H2,1-5H3,(H,26,28)(H2,23,24,25);1H. The maximum atomic E-state index is 12.0. The summed E-state index contributed by atoms with van der Waals surface area (Å²) in [7, 11) is 1.80. The molecular weight excluding hydrogens is 477 g/mol. The number of hydrogen-bond donors (Lipinski definition) is 3. The van der Waals surface area contributed by atoms with Crippen LogP contribution in [0.15, 0.2) is 29.3 Å². The summed E-state index contributed by atoms with van der Waals surface area (Å²) in [6.45, 7) is 12.6. The van der Waals surface area contributed by atoms with Gasteiger partial charge in [0.05, 0.1) is 0 Å². The molecule has 1 aliphatic heterocycles. The Morgan fingerprint density at radius 1 is 1.24 bits per heavy atom. The fourth-order valence-corrected chi connectivity index (χ4v) is 3.98. The lowest BCUT2D eigenvalue weighted by atomic mass is 9.90. The zero-order valence-electron chi connectivity index (χ0n) is 18.5. The van der Waals surface area contributed by atoms with Crippen molar-refractivity contribution in [3.05, 3.63) is 29.8 Å². The third-order valence-corrected chi connectivity index (χ3v) is 5.42. The molecule has 2 rings (SSSR count). The van der Waals surface area contributed by atoms with Crippen molar-refractivity contribution in [2.45, 2.75) is 52.5 Å². The minimum absolute atomic E-state index is 0. The van der Waals surface area contributed by atoms with E-state index in [9.17, 15) is 4.79 Å². The first-order valence-corrected chi connectivity index (χ1v) is 10.6. The number of fused-ring (bicyclic) bond motifs is 1. The Bertz CT molecular complexity index is 660. The van der Waals surface area contributed by atoms with E-state index >= 15 is 0 Å². The monoisotopic (exact) mass is 515 g/mol. The molecule has 6 nitrogen and oxygen atoms in total. The van der Waals surface area contributed by atoms with Gasteiger partial charge >= 0.3 is 0 Å². The van der Waals surface area contributed by atoms with Crippen LogP contribution in [0.5, 0.6) is 0 Å². The van der Waals surface area contributed by atoms with Crippen molar-refractivity contribution in [2.75, 3.05) is 38.5 Å². The normalized spacial score (nSPS) is 17.4. The topological polar surface area (TPSA) is 68.8 Å². The number of hydrogen-bond acceptors (Lipinski definition) is 3. The Kier molecular flexibility index (Phi) is 11.6. The maximum Gasteiger partial charge on any atom is 0.225 e. The predicted molar refractivity (Wildman–Crippen MR) is 133 cm³/mol. The van der Waals surface area contributed by atoms with Gasteiger partial charge in [0.25, 0.3) is 0 Å². The van der Waals surface area contributed by atoms with E-state index in [1.165, 1.54) is 5.56 Å². The van der Waals surface area contributed by atoms with Gasteiger partial charge in [0.2, 0.25) is 5.91 Å². The number of likely N-dealkylation sites (N-methyl/N-ethyl adjacent to an activating group) is 1. The highest BCUT2D eigenvalue weighted by atomic mass is 127. The molecule has 29 heavy (non-hydrogen) atoms. The second kappa shape index (κ2) is 13.1. The van der Waals surface area contributed by atoms with Crippen LogP contribution >= 0.6 is 24.0 Å². The smallest absolute Gasteiger partial charge is 0.225 e. The van der Waals surface area contributed by atoms with Gasteiger partial charge in [0.15, 0.2) is 5.96 Å². The van der Waals surface area contributed by atoms with Gasteiger partial charge in [-0.25, -0.2) is 0 Å². The van der Waals surface area contributed by atoms with E-state index in [1.54, 1.807) is 7.05 Å². The molecule has 0 saturated carbocycles.